The molecule has 3 aromatic carbocycles. The van der Waals surface area contributed by atoms with E-state index in [1.54, 1.807) is 18.2 Å². The minimum atomic E-state index is -4.34. The highest BCUT2D eigenvalue weighted by Gasteiger charge is 2.40. The minimum Gasteiger partial charge on any atom is -0.497 e. The molecule has 0 radical (unpaired) electrons. The van der Waals surface area contributed by atoms with Gasteiger partial charge in [-0.1, -0.05) is 6.07 Å². The number of ether oxygens (including phenoxy) is 3. The van der Waals surface area contributed by atoms with Gasteiger partial charge in [-0.25, -0.2) is 21.6 Å². The summed E-state index contributed by atoms with van der Waals surface area (Å²) in [6.45, 7) is -0.121. The molecule has 0 unspecified atom stereocenters. The third-order valence-corrected chi connectivity index (χ3v) is 7.92. The Hall–Kier alpha value is -3.93. The van der Waals surface area contributed by atoms with Crippen LogP contribution in [0.3, 0.4) is 0 Å². The number of sulfone groups is 1. The Bertz CT molecular complexity index is 1480. The second-order valence-electron chi connectivity index (χ2n) is 8.42. The molecule has 0 saturated carbocycles. The number of carbonyl (C=O) groups is 1. The van der Waals surface area contributed by atoms with E-state index in [0.29, 0.717) is 17.2 Å². The van der Waals surface area contributed by atoms with E-state index in [4.69, 9.17) is 14.2 Å². The molecule has 12 heteroatoms. The van der Waals surface area contributed by atoms with E-state index < -0.39 is 55.1 Å². The quantitative estimate of drug-likeness (QED) is 0.420. The maximum Gasteiger partial charge on any atom is 0.261 e. The average molecular weight is 551 g/mol. The van der Waals surface area contributed by atoms with Crippen LogP contribution < -0.4 is 24.4 Å². The highest BCUT2D eigenvalue weighted by molar-refractivity contribution is 7.91. The van der Waals surface area contributed by atoms with Gasteiger partial charge in [0.1, 0.15) is 16.2 Å². The summed E-state index contributed by atoms with van der Waals surface area (Å²) in [5.74, 6) is -5.50. The number of hydrogen-bond acceptors (Lipinski definition) is 7. The number of hydrogen-bond donors (Lipinski definition) is 1. The standard InChI is InChI=1S/C26H25F3N2O6S/c1-35-17-7-5-16(6-8-17)30-26(32)20-21(27)23(29)25-24(22(20)28)31(12-13-38(25,33)34)11-10-15-4-9-18(36-2)19(14-15)37-3/h4-9,14H,10-13H2,1-3H3,(H,30,32). The number of benzene rings is 3. The molecule has 38 heavy (non-hydrogen) atoms. The van der Waals surface area contributed by atoms with Crippen LogP contribution in [0.4, 0.5) is 24.5 Å². The third-order valence-electron chi connectivity index (χ3n) is 6.20. The van der Waals surface area contributed by atoms with Crippen LogP contribution >= 0.6 is 0 Å². The van der Waals surface area contributed by atoms with Crippen LogP contribution in [0.5, 0.6) is 17.2 Å². The monoisotopic (exact) mass is 550 g/mol. The Balaban J connectivity index is 1.71. The van der Waals surface area contributed by atoms with Gasteiger partial charge in [-0.05, 0) is 48.4 Å². The first-order valence-corrected chi connectivity index (χ1v) is 13.1. The van der Waals surface area contributed by atoms with Gasteiger partial charge in [-0.15, -0.1) is 0 Å². The number of halogens is 3. The number of fused-ring (bicyclic) bond motifs is 1. The second-order valence-corrected chi connectivity index (χ2v) is 10.5. The lowest BCUT2D eigenvalue weighted by molar-refractivity contribution is 0.101. The Morgan fingerprint density at radius 3 is 2.24 bits per heavy atom. The van der Waals surface area contributed by atoms with Crippen molar-refractivity contribution in [3.8, 4) is 17.2 Å². The molecule has 3 aromatic rings. The van der Waals surface area contributed by atoms with E-state index >= 15 is 8.78 Å². The Labute approximate surface area is 217 Å². The normalized spacial score (nSPS) is 14.0. The first kappa shape index (κ1) is 27.1. The second kappa shape index (κ2) is 10.8. The molecular weight excluding hydrogens is 525 g/mol. The molecule has 0 aromatic heterocycles. The minimum absolute atomic E-state index is 0.0551. The number of anilines is 2. The van der Waals surface area contributed by atoms with Crippen LogP contribution in [0.2, 0.25) is 0 Å². The number of methoxy groups -OCH3 is 3. The predicted octanol–water partition coefficient (Wildman–Crippen LogP) is 4.22. The summed E-state index contributed by atoms with van der Waals surface area (Å²) >= 11 is 0. The topological polar surface area (TPSA) is 94.2 Å². The van der Waals surface area contributed by atoms with Crippen LogP contribution in [-0.4, -0.2) is 54.5 Å². The molecule has 1 aliphatic heterocycles. The SMILES string of the molecule is COc1ccc(NC(=O)c2c(F)c(F)c3c(c2F)N(CCc2ccc(OC)c(OC)c2)CCS3(=O)=O)cc1. The largest absolute Gasteiger partial charge is 0.497 e. The van der Waals surface area contributed by atoms with E-state index in [-0.39, 0.29) is 25.2 Å². The zero-order chi connectivity index (χ0) is 27.6. The summed E-state index contributed by atoms with van der Waals surface area (Å²) < 4.78 is 86.8. The summed E-state index contributed by atoms with van der Waals surface area (Å²) in [6.07, 6.45) is 0.283. The lowest BCUT2D eigenvalue weighted by atomic mass is 10.1. The smallest absolute Gasteiger partial charge is 0.261 e. The fraction of sp³-hybridized carbons (Fsp3) is 0.269. The van der Waals surface area contributed by atoms with Crippen molar-refractivity contribution < 1.29 is 40.6 Å². The third kappa shape index (κ3) is 5.08. The van der Waals surface area contributed by atoms with Gasteiger partial charge in [0.05, 0.1) is 32.8 Å². The average Bonchev–Trinajstić information content (AvgIpc) is 2.91. The van der Waals surface area contributed by atoms with Crippen LogP contribution in [0, 0.1) is 17.5 Å². The van der Waals surface area contributed by atoms with Crippen LogP contribution in [0.25, 0.3) is 0 Å². The van der Waals surface area contributed by atoms with Gasteiger partial charge in [-0.3, -0.25) is 4.79 Å². The van der Waals surface area contributed by atoms with Crippen LogP contribution in [0.1, 0.15) is 15.9 Å². The number of rotatable bonds is 8. The molecule has 0 atom stereocenters. The van der Waals surface area contributed by atoms with Gasteiger partial charge in [0.2, 0.25) is 0 Å². The molecule has 1 aliphatic rings. The molecule has 0 saturated heterocycles. The zero-order valence-corrected chi connectivity index (χ0v) is 21.6. The van der Waals surface area contributed by atoms with Gasteiger partial charge in [0.25, 0.3) is 5.91 Å². The van der Waals surface area contributed by atoms with Crippen LogP contribution in [0.15, 0.2) is 47.4 Å². The molecule has 8 nitrogen and oxygen atoms in total. The Morgan fingerprint density at radius 1 is 0.921 bits per heavy atom. The summed E-state index contributed by atoms with van der Waals surface area (Å²) in [5.41, 5.74) is -0.968. The summed E-state index contributed by atoms with van der Waals surface area (Å²) in [5, 5.41) is 2.31. The highest BCUT2D eigenvalue weighted by atomic mass is 32.2. The first-order chi connectivity index (χ1) is 18.1. The van der Waals surface area contributed by atoms with Gasteiger partial charge < -0.3 is 24.4 Å². The molecule has 0 bridgehead atoms. The molecule has 202 valence electrons. The Kier molecular flexibility index (Phi) is 7.72. The molecule has 0 spiro atoms. The van der Waals surface area contributed by atoms with Gasteiger partial charge in [-0.2, -0.15) is 0 Å². The number of amides is 1. The number of carbonyl (C=O) groups excluding carboxylic acids is 1. The highest BCUT2D eigenvalue weighted by Crippen LogP contribution is 2.39. The van der Waals surface area contributed by atoms with Crippen molar-refractivity contribution in [2.24, 2.45) is 0 Å². The predicted molar refractivity (Wildman–Crippen MR) is 135 cm³/mol. The maximum absolute atomic E-state index is 15.8. The lowest BCUT2D eigenvalue weighted by Crippen LogP contribution is -2.39. The molecule has 1 N–H and O–H groups in total. The van der Waals surface area contributed by atoms with Crippen molar-refractivity contribution in [2.75, 3.05) is 50.4 Å². The summed E-state index contributed by atoms with van der Waals surface area (Å²) in [4.78, 5) is 13.1. The lowest BCUT2D eigenvalue weighted by Gasteiger charge is -2.32. The molecule has 4 rings (SSSR count). The molecular formula is C26H25F3N2O6S. The van der Waals surface area contributed by atoms with Crippen molar-refractivity contribution in [3.63, 3.8) is 0 Å². The van der Waals surface area contributed by atoms with Crippen molar-refractivity contribution in [3.05, 3.63) is 71.0 Å². The van der Waals surface area contributed by atoms with E-state index in [1.165, 1.54) is 50.5 Å². The number of nitrogens with zero attached hydrogens (tertiary/aromatic N) is 1. The van der Waals surface area contributed by atoms with Gasteiger partial charge in [0.15, 0.2) is 38.8 Å². The van der Waals surface area contributed by atoms with E-state index in [1.807, 2.05) is 0 Å². The van der Waals surface area contributed by atoms with E-state index in [2.05, 4.69) is 5.32 Å². The Morgan fingerprint density at radius 2 is 1.61 bits per heavy atom. The molecule has 1 heterocycles. The van der Waals surface area contributed by atoms with E-state index in [9.17, 15) is 17.6 Å². The molecule has 0 aliphatic carbocycles. The summed E-state index contributed by atoms with van der Waals surface area (Å²) in [6, 6.07) is 11.0. The number of nitrogens with one attached hydrogen (secondary N) is 1. The van der Waals surface area contributed by atoms with Crippen molar-refractivity contribution in [2.45, 2.75) is 11.3 Å². The van der Waals surface area contributed by atoms with Gasteiger partial charge >= 0.3 is 0 Å². The zero-order valence-electron chi connectivity index (χ0n) is 20.8. The maximum atomic E-state index is 15.8. The van der Waals surface area contributed by atoms with Gasteiger partial charge in [0, 0.05) is 18.8 Å². The fourth-order valence-electron chi connectivity index (χ4n) is 4.23. The first-order valence-electron chi connectivity index (χ1n) is 11.5. The van der Waals surface area contributed by atoms with Crippen molar-refractivity contribution >= 4 is 27.1 Å². The fourth-order valence-corrected chi connectivity index (χ4v) is 5.77. The van der Waals surface area contributed by atoms with E-state index in [0.717, 1.165) is 5.56 Å². The summed E-state index contributed by atoms with van der Waals surface area (Å²) in [7, 11) is 0.0609. The van der Waals surface area contributed by atoms with Crippen molar-refractivity contribution in [1.29, 1.82) is 0 Å². The van der Waals surface area contributed by atoms with Crippen LogP contribution in [-0.2, 0) is 16.3 Å². The molecule has 1 amide bonds. The van der Waals surface area contributed by atoms with Crippen molar-refractivity contribution in [1.82, 2.24) is 0 Å². The molecule has 0 fully saturated rings.